The summed E-state index contributed by atoms with van der Waals surface area (Å²) in [6.45, 7) is 3.01. The normalized spacial score (nSPS) is 28.4. The Morgan fingerprint density at radius 3 is 2.89 bits per heavy atom. The Bertz CT molecular complexity index is 384. The number of hydrogen-bond acceptors (Lipinski definition) is 3. The minimum absolute atomic E-state index is 0.427. The molecule has 1 aliphatic heterocycles. The Labute approximate surface area is 115 Å². The van der Waals surface area contributed by atoms with Crippen molar-refractivity contribution < 1.29 is 5.11 Å². The van der Waals surface area contributed by atoms with E-state index in [2.05, 4.69) is 14.9 Å². The highest BCUT2D eigenvalue weighted by atomic mass is 16.3. The van der Waals surface area contributed by atoms with Gasteiger partial charge in [0.05, 0.1) is 5.60 Å². The van der Waals surface area contributed by atoms with Gasteiger partial charge in [-0.05, 0) is 32.2 Å². The van der Waals surface area contributed by atoms with Gasteiger partial charge in [0.15, 0.2) is 0 Å². The van der Waals surface area contributed by atoms with E-state index in [1.807, 2.05) is 12.4 Å². The van der Waals surface area contributed by atoms with Crippen LogP contribution < -0.4 is 0 Å². The predicted molar refractivity (Wildman–Crippen MR) is 75.0 cm³/mol. The number of hydrogen-bond donors (Lipinski definition) is 2. The topological polar surface area (TPSA) is 52.1 Å². The van der Waals surface area contributed by atoms with Gasteiger partial charge in [0.2, 0.25) is 0 Å². The lowest BCUT2D eigenvalue weighted by molar-refractivity contribution is -0.0315. The van der Waals surface area contributed by atoms with Crippen LogP contribution in [0.3, 0.4) is 0 Å². The molecule has 19 heavy (non-hydrogen) atoms. The van der Waals surface area contributed by atoms with Gasteiger partial charge in [0.25, 0.3) is 0 Å². The number of aromatic amines is 1. The molecule has 0 bridgehead atoms. The summed E-state index contributed by atoms with van der Waals surface area (Å²) in [5.41, 5.74) is -0.427. The zero-order valence-electron chi connectivity index (χ0n) is 11.6. The van der Waals surface area contributed by atoms with Gasteiger partial charge < -0.3 is 10.1 Å². The van der Waals surface area contributed by atoms with Crippen molar-refractivity contribution >= 4 is 0 Å². The molecule has 1 saturated heterocycles. The molecule has 1 atom stereocenters. The maximum absolute atomic E-state index is 10.7. The number of likely N-dealkylation sites (tertiary alicyclic amines) is 1. The van der Waals surface area contributed by atoms with Crippen molar-refractivity contribution in [2.45, 2.75) is 56.5 Å². The Kier molecular flexibility index (Phi) is 3.89. The number of β-amino-alcohol motifs (C(OH)–C–C–N with tert-alkyl or cyclic N) is 1. The highest BCUT2D eigenvalue weighted by Crippen LogP contribution is 2.31. The molecule has 1 aromatic heterocycles. The molecule has 4 heteroatoms. The third-order valence-corrected chi connectivity index (χ3v) is 4.71. The monoisotopic (exact) mass is 263 g/mol. The van der Waals surface area contributed by atoms with E-state index >= 15 is 0 Å². The zero-order chi connectivity index (χ0) is 13.1. The molecular weight excluding hydrogens is 238 g/mol. The van der Waals surface area contributed by atoms with Crippen molar-refractivity contribution in [1.82, 2.24) is 14.9 Å². The summed E-state index contributed by atoms with van der Waals surface area (Å²) in [6, 6.07) is 0. The molecule has 4 nitrogen and oxygen atoms in total. The van der Waals surface area contributed by atoms with Gasteiger partial charge in [-0.25, -0.2) is 4.98 Å². The summed E-state index contributed by atoms with van der Waals surface area (Å²) in [6.07, 6.45) is 11.8. The fraction of sp³-hybridized carbons (Fsp3) is 0.800. The molecule has 1 aromatic rings. The number of aliphatic hydroxyl groups is 1. The Hall–Kier alpha value is -0.870. The summed E-state index contributed by atoms with van der Waals surface area (Å²) in [5, 5.41) is 10.7. The highest BCUT2D eigenvalue weighted by Gasteiger charge is 2.33. The second-order valence-electron chi connectivity index (χ2n) is 6.33. The lowest BCUT2D eigenvalue weighted by Gasteiger charge is -2.40. The highest BCUT2D eigenvalue weighted by molar-refractivity contribution is 5.00. The molecule has 0 radical (unpaired) electrons. The zero-order valence-corrected chi connectivity index (χ0v) is 11.6. The first-order valence-electron chi connectivity index (χ1n) is 7.69. The Balaban J connectivity index is 1.59. The standard InChI is InChI=1S/C15H25N3O/c19-15(6-2-1-3-7-15)12-18-10-4-5-13(11-18)14-16-8-9-17-14/h8-9,13,19H,1-7,10-12H2,(H,16,17). The van der Waals surface area contributed by atoms with Crippen LogP contribution in [0.4, 0.5) is 0 Å². The van der Waals surface area contributed by atoms with Gasteiger partial charge in [-0.15, -0.1) is 0 Å². The minimum atomic E-state index is -0.427. The lowest BCUT2D eigenvalue weighted by Crippen LogP contribution is -2.47. The van der Waals surface area contributed by atoms with Gasteiger partial charge in [0.1, 0.15) is 5.82 Å². The number of imidazole rings is 1. The lowest BCUT2D eigenvalue weighted by atomic mass is 9.83. The van der Waals surface area contributed by atoms with Gasteiger partial charge in [-0.3, -0.25) is 4.90 Å². The van der Waals surface area contributed by atoms with Crippen molar-refractivity contribution in [2.75, 3.05) is 19.6 Å². The van der Waals surface area contributed by atoms with E-state index in [0.717, 1.165) is 38.3 Å². The number of nitrogens with zero attached hydrogens (tertiary/aromatic N) is 2. The molecule has 2 N–H and O–H groups in total. The number of nitrogens with one attached hydrogen (secondary N) is 1. The molecule has 0 amide bonds. The molecule has 1 saturated carbocycles. The van der Waals surface area contributed by atoms with Crippen LogP contribution in [0.1, 0.15) is 56.7 Å². The van der Waals surface area contributed by atoms with E-state index in [-0.39, 0.29) is 0 Å². The van der Waals surface area contributed by atoms with E-state index < -0.39 is 5.60 Å². The molecular formula is C15H25N3O. The molecule has 1 unspecified atom stereocenters. The Morgan fingerprint density at radius 1 is 1.32 bits per heavy atom. The smallest absolute Gasteiger partial charge is 0.110 e. The first kappa shape index (κ1) is 13.1. The van der Waals surface area contributed by atoms with Gasteiger partial charge in [-0.1, -0.05) is 19.3 Å². The number of rotatable bonds is 3. The van der Waals surface area contributed by atoms with Crippen molar-refractivity contribution in [3.63, 3.8) is 0 Å². The molecule has 0 spiro atoms. The second-order valence-corrected chi connectivity index (χ2v) is 6.33. The van der Waals surface area contributed by atoms with Gasteiger partial charge in [0, 0.05) is 31.4 Å². The summed E-state index contributed by atoms with van der Waals surface area (Å²) >= 11 is 0. The number of H-pyrrole nitrogens is 1. The Morgan fingerprint density at radius 2 is 2.16 bits per heavy atom. The summed E-state index contributed by atoms with van der Waals surface area (Å²) < 4.78 is 0. The fourth-order valence-electron chi connectivity index (χ4n) is 3.71. The SMILES string of the molecule is OC1(CN2CCCC(c3ncc[nH]3)C2)CCCCC1. The van der Waals surface area contributed by atoms with E-state index in [1.165, 1.54) is 32.1 Å². The van der Waals surface area contributed by atoms with Crippen LogP contribution >= 0.6 is 0 Å². The second kappa shape index (κ2) is 5.63. The molecule has 0 aromatic carbocycles. The first-order chi connectivity index (χ1) is 9.25. The summed E-state index contributed by atoms with van der Waals surface area (Å²) in [4.78, 5) is 10.1. The van der Waals surface area contributed by atoms with E-state index in [4.69, 9.17) is 0 Å². The van der Waals surface area contributed by atoms with Crippen LogP contribution in [-0.2, 0) is 0 Å². The number of piperidine rings is 1. The fourth-order valence-corrected chi connectivity index (χ4v) is 3.71. The van der Waals surface area contributed by atoms with Crippen LogP contribution in [0.15, 0.2) is 12.4 Å². The van der Waals surface area contributed by atoms with Crippen LogP contribution in [-0.4, -0.2) is 45.2 Å². The maximum atomic E-state index is 10.7. The van der Waals surface area contributed by atoms with Crippen molar-refractivity contribution in [3.8, 4) is 0 Å². The van der Waals surface area contributed by atoms with Crippen molar-refractivity contribution in [1.29, 1.82) is 0 Å². The van der Waals surface area contributed by atoms with Gasteiger partial charge in [-0.2, -0.15) is 0 Å². The van der Waals surface area contributed by atoms with Crippen LogP contribution in [0.25, 0.3) is 0 Å². The van der Waals surface area contributed by atoms with Gasteiger partial charge >= 0.3 is 0 Å². The van der Waals surface area contributed by atoms with Crippen LogP contribution in [0.5, 0.6) is 0 Å². The molecule has 2 fully saturated rings. The third-order valence-electron chi connectivity index (χ3n) is 4.71. The van der Waals surface area contributed by atoms with Crippen LogP contribution in [0.2, 0.25) is 0 Å². The molecule has 2 aliphatic rings. The van der Waals surface area contributed by atoms with E-state index in [0.29, 0.717) is 5.92 Å². The number of aromatic nitrogens is 2. The summed E-state index contributed by atoms with van der Waals surface area (Å²) in [5.74, 6) is 1.62. The quantitative estimate of drug-likeness (QED) is 0.879. The third kappa shape index (κ3) is 3.18. The molecule has 1 aliphatic carbocycles. The van der Waals surface area contributed by atoms with Crippen LogP contribution in [0, 0.1) is 0 Å². The van der Waals surface area contributed by atoms with Crippen molar-refractivity contribution in [3.05, 3.63) is 18.2 Å². The van der Waals surface area contributed by atoms with E-state index in [9.17, 15) is 5.11 Å². The predicted octanol–water partition coefficient (Wildman–Crippen LogP) is 2.28. The maximum Gasteiger partial charge on any atom is 0.110 e. The van der Waals surface area contributed by atoms with Crippen molar-refractivity contribution in [2.24, 2.45) is 0 Å². The molecule has 2 heterocycles. The molecule has 3 rings (SSSR count). The summed E-state index contributed by atoms with van der Waals surface area (Å²) in [7, 11) is 0. The average Bonchev–Trinajstić information content (AvgIpc) is 2.93. The molecule has 106 valence electrons. The largest absolute Gasteiger partial charge is 0.389 e. The van der Waals surface area contributed by atoms with E-state index in [1.54, 1.807) is 0 Å². The first-order valence-corrected chi connectivity index (χ1v) is 7.69. The minimum Gasteiger partial charge on any atom is -0.389 e. The average molecular weight is 263 g/mol.